The fraction of sp³-hybridized carbons (Fsp3) is 0.407. The number of ketones is 1. The van der Waals surface area contributed by atoms with Gasteiger partial charge in [-0.1, -0.05) is 6.07 Å². The summed E-state index contributed by atoms with van der Waals surface area (Å²) in [4.78, 5) is 29.5. The number of rotatable bonds is 8. The van der Waals surface area contributed by atoms with Crippen LogP contribution in [0.5, 0.6) is 17.2 Å². The first-order valence-electron chi connectivity index (χ1n) is 12.0. The lowest BCUT2D eigenvalue weighted by molar-refractivity contribution is -0.907. The minimum absolute atomic E-state index is 0.0498. The average Bonchev–Trinajstić information content (AvgIpc) is 3.16. The first kappa shape index (κ1) is 25.5. The number of hydrogen-bond donors (Lipinski definition) is 2. The molecule has 1 atom stereocenters. The highest BCUT2D eigenvalue weighted by molar-refractivity contribution is 6.46. The van der Waals surface area contributed by atoms with Crippen molar-refractivity contribution in [3.8, 4) is 17.2 Å². The standard InChI is InChI=1S/C27H32N2O7/c1-17-15-19(6-7-20(17)33-2)25(30)23-24(18-5-8-21(34-3)22(16-18)35-4)29(27(32)26(23)31)10-9-28-11-13-36-14-12-28/h5-8,15-16,24,30H,9-14H2,1-4H3/p+1. The number of aliphatic hydroxyl groups is 1. The summed E-state index contributed by atoms with van der Waals surface area (Å²) in [6, 6.07) is 9.65. The lowest BCUT2D eigenvalue weighted by Gasteiger charge is -2.29. The van der Waals surface area contributed by atoms with Gasteiger partial charge in [-0.25, -0.2) is 0 Å². The number of nitrogens with one attached hydrogen (secondary N) is 1. The Morgan fingerprint density at radius 2 is 1.67 bits per heavy atom. The molecule has 2 aliphatic heterocycles. The predicted molar refractivity (Wildman–Crippen MR) is 133 cm³/mol. The van der Waals surface area contributed by atoms with Crippen LogP contribution in [0.2, 0.25) is 0 Å². The minimum Gasteiger partial charge on any atom is -0.507 e. The largest absolute Gasteiger partial charge is 0.507 e. The van der Waals surface area contributed by atoms with Crippen molar-refractivity contribution in [1.29, 1.82) is 0 Å². The molecule has 0 spiro atoms. The molecule has 0 aromatic heterocycles. The summed E-state index contributed by atoms with van der Waals surface area (Å²) in [5.41, 5.74) is 1.94. The second kappa shape index (κ2) is 11.0. The summed E-state index contributed by atoms with van der Waals surface area (Å²) in [7, 11) is 4.64. The van der Waals surface area contributed by atoms with Crippen molar-refractivity contribution in [1.82, 2.24) is 4.90 Å². The topological polar surface area (TPSA) is 99.0 Å². The maximum Gasteiger partial charge on any atom is 0.295 e. The zero-order valence-electron chi connectivity index (χ0n) is 21.1. The molecule has 2 heterocycles. The van der Waals surface area contributed by atoms with E-state index in [4.69, 9.17) is 18.9 Å². The Hall–Kier alpha value is -3.56. The van der Waals surface area contributed by atoms with Crippen LogP contribution in [0.1, 0.15) is 22.7 Å². The number of aliphatic hydroxyl groups excluding tert-OH is 1. The van der Waals surface area contributed by atoms with Gasteiger partial charge in [-0.05, 0) is 48.4 Å². The zero-order valence-corrected chi connectivity index (χ0v) is 21.1. The van der Waals surface area contributed by atoms with E-state index >= 15 is 0 Å². The number of ether oxygens (including phenoxy) is 4. The third-order valence-corrected chi connectivity index (χ3v) is 6.84. The van der Waals surface area contributed by atoms with Crippen LogP contribution >= 0.6 is 0 Å². The molecule has 2 aromatic rings. The number of likely N-dealkylation sites (tertiary alicyclic amines) is 1. The Bertz CT molecular complexity index is 1170. The van der Waals surface area contributed by atoms with Gasteiger partial charge in [-0.15, -0.1) is 0 Å². The Labute approximate surface area is 210 Å². The van der Waals surface area contributed by atoms with Crippen LogP contribution in [0.25, 0.3) is 5.76 Å². The van der Waals surface area contributed by atoms with Crippen LogP contribution in [0.4, 0.5) is 0 Å². The molecule has 2 aliphatic rings. The van der Waals surface area contributed by atoms with Crippen molar-refractivity contribution in [3.05, 3.63) is 58.7 Å². The molecule has 4 rings (SSSR count). The molecular weight excluding hydrogens is 464 g/mol. The van der Waals surface area contributed by atoms with E-state index in [2.05, 4.69) is 0 Å². The number of hydrogen-bond acceptors (Lipinski definition) is 7. The molecule has 36 heavy (non-hydrogen) atoms. The normalized spacial score (nSPS) is 20.0. The molecule has 2 N–H and O–H groups in total. The van der Waals surface area contributed by atoms with Crippen molar-refractivity contribution in [2.75, 3.05) is 60.7 Å². The first-order chi connectivity index (χ1) is 17.4. The van der Waals surface area contributed by atoms with Gasteiger partial charge in [0.25, 0.3) is 11.7 Å². The molecule has 2 saturated heterocycles. The molecule has 192 valence electrons. The lowest BCUT2D eigenvalue weighted by Crippen LogP contribution is -3.14. The number of nitrogens with zero attached hydrogens (tertiary/aromatic N) is 1. The highest BCUT2D eigenvalue weighted by atomic mass is 16.5. The van der Waals surface area contributed by atoms with Gasteiger partial charge in [0, 0.05) is 5.56 Å². The summed E-state index contributed by atoms with van der Waals surface area (Å²) in [5, 5.41) is 11.4. The SMILES string of the molecule is COc1ccc(C(O)=C2C(=O)C(=O)N(CC[NH+]3CCOCC3)C2c2ccc(OC)c(OC)c2)cc1C. The second-order valence-corrected chi connectivity index (χ2v) is 8.90. The van der Waals surface area contributed by atoms with E-state index in [-0.39, 0.29) is 11.3 Å². The average molecular weight is 498 g/mol. The molecule has 0 radical (unpaired) electrons. The van der Waals surface area contributed by atoms with Gasteiger partial charge in [-0.2, -0.15) is 0 Å². The summed E-state index contributed by atoms with van der Waals surface area (Å²) >= 11 is 0. The van der Waals surface area contributed by atoms with E-state index in [1.54, 1.807) is 55.5 Å². The fourth-order valence-electron chi connectivity index (χ4n) is 4.85. The van der Waals surface area contributed by atoms with Crippen LogP contribution in [0.15, 0.2) is 42.0 Å². The maximum atomic E-state index is 13.3. The van der Waals surface area contributed by atoms with Crippen LogP contribution in [-0.4, -0.2) is 82.4 Å². The van der Waals surface area contributed by atoms with Gasteiger partial charge in [0.15, 0.2) is 11.5 Å². The summed E-state index contributed by atoms with van der Waals surface area (Å²) in [6.07, 6.45) is 0. The van der Waals surface area contributed by atoms with E-state index in [1.807, 2.05) is 6.92 Å². The van der Waals surface area contributed by atoms with Crippen LogP contribution in [-0.2, 0) is 14.3 Å². The van der Waals surface area contributed by atoms with E-state index in [9.17, 15) is 14.7 Å². The molecule has 1 amide bonds. The van der Waals surface area contributed by atoms with Gasteiger partial charge >= 0.3 is 0 Å². The van der Waals surface area contributed by atoms with Gasteiger partial charge in [0.05, 0.1) is 59.2 Å². The Morgan fingerprint density at radius 1 is 1.00 bits per heavy atom. The van der Waals surface area contributed by atoms with Crippen molar-refractivity contribution >= 4 is 17.4 Å². The highest BCUT2D eigenvalue weighted by Crippen LogP contribution is 2.42. The van der Waals surface area contributed by atoms with Crippen LogP contribution in [0, 0.1) is 6.92 Å². The van der Waals surface area contributed by atoms with Crippen molar-refractivity contribution in [2.24, 2.45) is 0 Å². The number of Topliss-reactive ketones (excluding diaryl/α,β-unsaturated/α-hetero) is 1. The fourth-order valence-corrected chi connectivity index (χ4v) is 4.85. The highest BCUT2D eigenvalue weighted by Gasteiger charge is 2.46. The van der Waals surface area contributed by atoms with Crippen molar-refractivity contribution in [2.45, 2.75) is 13.0 Å². The number of aryl methyl sites for hydroxylation is 1. The third kappa shape index (κ3) is 4.89. The number of carbonyl (C=O) groups is 2. The predicted octanol–water partition coefficient (Wildman–Crippen LogP) is 1.36. The zero-order chi connectivity index (χ0) is 25.8. The lowest BCUT2D eigenvalue weighted by atomic mass is 9.94. The Balaban J connectivity index is 1.79. The van der Waals surface area contributed by atoms with Crippen molar-refractivity contribution in [3.63, 3.8) is 0 Å². The number of benzene rings is 2. The Morgan fingerprint density at radius 3 is 2.31 bits per heavy atom. The first-order valence-corrected chi connectivity index (χ1v) is 12.0. The molecule has 1 unspecified atom stereocenters. The number of quaternary nitrogens is 1. The van der Waals surface area contributed by atoms with Crippen molar-refractivity contribution < 1.29 is 38.5 Å². The van der Waals surface area contributed by atoms with E-state index in [0.29, 0.717) is 54.7 Å². The molecular formula is C27H33N2O7+. The van der Waals surface area contributed by atoms with E-state index in [0.717, 1.165) is 18.7 Å². The number of carbonyl (C=O) groups excluding carboxylic acids is 2. The second-order valence-electron chi connectivity index (χ2n) is 8.90. The minimum atomic E-state index is -0.771. The van der Waals surface area contributed by atoms with Crippen LogP contribution in [0.3, 0.4) is 0 Å². The van der Waals surface area contributed by atoms with E-state index < -0.39 is 17.7 Å². The monoisotopic (exact) mass is 497 g/mol. The summed E-state index contributed by atoms with van der Waals surface area (Å²) in [6.45, 7) is 5.91. The Kier molecular flexibility index (Phi) is 7.81. The van der Waals surface area contributed by atoms with E-state index in [1.165, 1.54) is 12.0 Å². The smallest absolute Gasteiger partial charge is 0.295 e. The molecule has 2 aromatic carbocycles. The maximum absolute atomic E-state index is 13.3. The van der Waals surface area contributed by atoms with Crippen LogP contribution < -0.4 is 19.1 Å². The number of methoxy groups -OCH3 is 3. The number of morpholine rings is 1. The number of amides is 1. The van der Waals surface area contributed by atoms with Gasteiger partial charge in [-0.3, -0.25) is 9.59 Å². The molecule has 0 aliphatic carbocycles. The molecule has 2 fully saturated rings. The molecule has 9 heteroatoms. The van der Waals surface area contributed by atoms with Gasteiger partial charge in [0.2, 0.25) is 0 Å². The molecule has 9 nitrogen and oxygen atoms in total. The van der Waals surface area contributed by atoms with Gasteiger partial charge in [0.1, 0.15) is 24.6 Å². The molecule has 0 saturated carbocycles. The summed E-state index contributed by atoms with van der Waals surface area (Å²) in [5.74, 6) is 0.102. The quantitative estimate of drug-likeness (QED) is 0.323. The summed E-state index contributed by atoms with van der Waals surface area (Å²) < 4.78 is 21.6. The van der Waals surface area contributed by atoms with Gasteiger partial charge < -0.3 is 33.9 Å². The third-order valence-electron chi connectivity index (χ3n) is 6.84. The molecule has 0 bridgehead atoms.